The van der Waals surface area contributed by atoms with Gasteiger partial charge in [-0.1, -0.05) is 28.3 Å². The summed E-state index contributed by atoms with van der Waals surface area (Å²) in [6, 6.07) is 0. The van der Waals surface area contributed by atoms with E-state index in [1.165, 1.54) is 23.1 Å². The molecule has 7 nitrogen and oxygen atoms in total. The molecule has 0 saturated carbocycles. The molecule has 0 atom stereocenters. The number of hydrogen-bond acceptors (Lipinski definition) is 9. The summed E-state index contributed by atoms with van der Waals surface area (Å²) in [7, 11) is 1.66. The van der Waals surface area contributed by atoms with Crippen LogP contribution in [0, 0.1) is 6.92 Å². The van der Waals surface area contributed by atoms with Crippen LogP contribution < -0.4 is 5.32 Å². The SMILES string of the molecule is COCCNc1nnc(SCc2nc(C)no2)s1. The molecule has 0 aromatic carbocycles. The lowest BCUT2D eigenvalue weighted by atomic mass is 10.7. The number of nitrogens with one attached hydrogen (secondary N) is 1. The summed E-state index contributed by atoms with van der Waals surface area (Å²) in [4.78, 5) is 4.12. The van der Waals surface area contributed by atoms with E-state index in [1.807, 2.05) is 0 Å². The molecule has 0 aliphatic carbocycles. The Bertz CT molecular complexity index is 487. The summed E-state index contributed by atoms with van der Waals surface area (Å²) in [5.41, 5.74) is 0. The van der Waals surface area contributed by atoms with E-state index >= 15 is 0 Å². The smallest absolute Gasteiger partial charge is 0.237 e. The van der Waals surface area contributed by atoms with Crippen molar-refractivity contribution in [2.45, 2.75) is 17.0 Å². The lowest BCUT2D eigenvalue weighted by Crippen LogP contribution is -2.06. The third kappa shape index (κ3) is 3.93. The van der Waals surface area contributed by atoms with E-state index in [0.717, 1.165) is 16.0 Å². The van der Waals surface area contributed by atoms with Crippen molar-refractivity contribution in [1.29, 1.82) is 0 Å². The lowest BCUT2D eigenvalue weighted by molar-refractivity contribution is 0.211. The third-order valence-electron chi connectivity index (χ3n) is 1.88. The number of aromatic nitrogens is 4. The van der Waals surface area contributed by atoms with Gasteiger partial charge in [0.1, 0.15) is 0 Å². The lowest BCUT2D eigenvalue weighted by Gasteiger charge is -1.98. The highest BCUT2D eigenvalue weighted by Gasteiger charge is 2.08. The third-order valence-corrected chi connectivity index (χ3v) is 3.88. The zero-order valence-corrected chi connectivity index (χ0v) is 11.7. The van der Waals surface area contributed by atoms with E-state index in [4.69, 9.17) is 9.26 Å². The molecular formula is C9H13N5O2S2. The van der Waals surface area contributed by atoms with Crippen molar-refractivity contribution in [2.75, 3.05) is 25.6 Å². The van der Waals surface area contributed by atoms with Gasteiger partial charge in [-0.05, 0) is 6.92 Å². The first kappa shape index (κ1) is 13.2. The summed E-state index contributed by atoms with van der Waals surface area (Å²) in [5, 5.41) is 15.7. The van der Waals surface area contributed by atoms with Crippen LogP contribution in [0.5, 0.6) is 0 Å². The molecule has 2 heterocycles. The molecule has 0 spiro atoms. The standard InChI is InChI=1S/C9H13N5O2S2/c1-6-11-7(16-14-6)5-17-9-13-12-8(18-9)10-3-4-15-2/h3-5H2,1-2H3,(H,10,12). The predicted octanol–water partition coefficient (Wildman–Crippen LogP) is 1.58. The Hall–Kier alpha value is -1.19. The average molecular weight is 287 g/mol. The van der Waals surface area contributed by atoms with Gasteiger partial charge in [0.05, 0.1) is 12.4 Å². The molecule has 0 aliphatic rings. The molecule has 98 valence electrons. The number of thioether (sulfide) groups is 1. The van der Waals surface area contributed by atoms with Gasteiger partial charge in [0.25, 0.3) is 0 Å². The fourth-order valence-electron chi connectivity index (χ4n) is 1.12. The second kappa shape index (κ2) is 6.66. The van der Waals surface area contributed by atoms with Gasteiger partial charge in [-0.3, -0.25) is 0 Å². The number of aryl methyl sites for hydroxylation is 1. The maximum atomic E-state index is 5.01. The number of methoxy groups -OCH3 is 1. The van der Waals surface area contributed by atoms with Gasteiger partial charge in [-0.25, -0.2) is 0 Å². The van der Waals surface area contributed by atoms with Gasteiger partial charge in [0, 0.05) is 13.7 Å². The van der Waals surface area contributed by atoms with Crippen molar-refractivity contribution >= 4 is 28.2 Å². The van der Waals surface area contributed by atoms with Gasteiger partial charge in [0.15, 0.2) is 10.2 Å². The monoisotopic (exact) mass is 287 g/mol. The minimum atomic E-state index is 0.599. The highest BCUT2D eigenvalue weighted by atomic mass is 32.2. The molecule has 0 fully saturated rings. The minimum Gasteiger partial charge on any atom is -0.383 e. The molecular weight excluding hydrogens is 274 g/mol. The van der Waals surface area contributed by atoms with Gasteiger partial charge >= 0.3 is 0 Å². The van der Waals surface area contributed by atoms with Crippen molar-refractivity contribution < 1.29 is 9.26 Å². The van der Waals surface area contributed by atoms with Crippen molar-refractivity contribution in [2.24, 2.45) is 0 Å². The highest BCUT2D eigenvalue weighted by Crippen LogP contribution is 2.27. The fourth-order valence-corrected chi connectivity index (χ4v) is 2.74. The van der Waals surface area contributed by atoms with E-state index in [0.29, 0.717) is 24.1 Å². The van der Waals surface area contributed by atoms with Gasteiger partial charge in [0.2, 0.25) is 11.0 Å². The zero-order chi connectivity index (χ0) is 12.8. The Labute approximate surface area is 112 Å². The first-order valence-corrected chi connectivity index (χ1v) is 7.06. The first-order chi connectivity index (χ1) is 8.78. The van der Waals surface area contributed by atoms with Crippen LogP contribution in [0.1, 0.15) is 11.7 Å². The van der Waals surface area contributed by atoms with Crippen LogP contribution in [-0.4, -0.2) is 40.6 Å². The molecule has 18 heavy (non-hydrogen) atoms. The van der Waals surface area contributed by atoms with Crippen LogP contribution in [0.25, 0.3) is 0 Å². The van der Waals surface area contributed by atoms with Gasteiger partial charge in [-0.15, -0.1) is 10.2 Å². The first-order valence-electron chi connectivity index (χ1n) is 5.26. The van der Waals surface area contributed by atoms with Gasteiger partial charge in [-0.2, -0.15) is 4.98 Å². The van der Waals surface area contributed by atoms with Crippen molar-refractivity contribution in [3.8, 4) is 0 Å². The fraction of sp³-hybridized carbons (Fsp3) is 0.556. The largest absolute Gasteiger partial charge is 0.383 e. The quantitative estimate of drug-likeness (QED) is 0.607. The van der Waals surface area contributed by atoms with E-state index in [-0.39, 0.29) is 0 Å². The van der Waals surface area contributed by atoms with Crippen LogP contribution in [-0.2, 0) is 10.5 Å². The second-order valence-corrected chi connectivity index (χ2v) is 5.52. The molecule has 0 bridgehead atoms. The predicted molar refractivity (Wildman–Crippen MR) is 68.9 cm³/mol. The molecule has 1 N–H and O–H groups in total. The molecule has 9 heteroatoms. The molecule has 2 rings (SSSR count). The Balaban J connectivity index is 1.79. The zero-order valence-electron chi connectivity index (χ0n) is 10.0. The summed E-state index contributed by atoms with van der Waals surface area (Å²) in [6.07, 6.45) is 0. The number of rotatable bonds is 7. The summed E-state index contributed by atoms with van der Waals surface area (Å²) >= 11 is 3.02. The molecule has 0 saturated heterocycles. The van der Waals surface area contributed by atoms with E-state index < -0.39 is 0 Å². The van der Waals surface area contributed by atoms with Gasteiger partial charge < -0.3 is 14.6 Å². The van der Waals surface area contributed by atoms with Crippen LogP contribution in [0.3, 0.4) is 0 Å². The minimum absolute atomic E-state index is 0.599. The number of hydrogen-bond donors (Lipinski definition) is 1. The summed E-state index contributed by atoms with van der Waals surface area (Å²) in [6.45, 7) is 3.16. The van der Waals surface area contributed by atoms with E-state index in [2.05, 4.69) is 25.7 Å². The maximum Gasteiger partial charge on any atom is 0.237 e. The average Bonchev–Trinajstić information content (AvgIpc) is 2.96. The molecule has 2 aromatic heterocycles. The van der Waals surface area contributed by atoms with Crippen molar-refractivity contribution in [3.63, 3.8) is 0 Å². The number of ether oxygens (including phenoxy) is 1. The number of anilines is 1. The van der Waals surface area contributed by atoms with Crippen LogP contribution >= 0.6 is 23.1 Å². The van der Waals surface area contributed by atoms with Crippen molar-refractivity contribution in [3.05, 3.63) is 11.7 Å². The summed E-state index contributed by atoms with van der Waals surface area (Å²) in [5.74, 6) is 1.85. The number of nitrogens with zero attached hydrogens (tertiary/aromatic N) is 4. The molecule has 2 aromatic rings. The van der Waals surface area contributed by atoms with Crippen LogP contribution in [0.15, 0.2) is 8.86 Å². The van der Waals surface area contributed by atoms with Crippen molar-refractivity contribution in [1.82, 2.24) is 20.3 Å². The topological polar surface area (TPSA) is 86.0 Å². The maximum absolute atomic E-state index is 5.01. The molecule has 0 amide bonds. The Morgan fingerprint density at radius 3 is 3.06 bits per heavy atom. The molecule has 0 radical (unpaired) electrons. The van der Waals surface area contributed by atoms with Crippen LogP contribution in [0.2, 0.25) is 0 Å². The normalized spacial score (nSPS) is 10.8. The highest BCUT2D eigenvalue weighted by molar-refractivity contribution is 8.00. The van der Waals surface area contributed by atoms with E-state index in [1.54, 1.807) is 14.0 Å². The van der Waals surface area contributed by atoms with E-state index in [9.17, 15) is 0 Å². The Morgan fingerprint density at radius 2 is 2.33 bits per heavy atom. The second-order valence-electron chi connectivity index (χ2n) is 3.32. The molecule has 0 unspecified atom stereocenters. The Kier molecular flexibility index (Phi) is 4.90. The molecule has 0 aliphatic heterocycles. The Morgan fingerprint density at radius 1 is 1.44 bits per heavy atom. The summed E-state index contributed by atoms with van der Waals surface area (Å²) < 4.78 is 10.8. The van der Waals surface area contributed by atoms with Crippen LogP contribution in [0.4, 0.5) is 5.13 Å².